The van der Waals surface area contributed by atoms with Crippen molar-refractivity contribution < 1.29 is 13.9 Å². The molecule has 0 spiro atoms. The van der Waals surface area contributed by atoms with Crippen molar-refractivity contribution in [3.63, 3.8) is 0 Å². The summed E-state index contributed by atoms with van der Waals surface area (Å²) >= 11 is 3.31. The first-order valence-corrected chi connectivity index (χ1v) is 5.62. The Morgan fingerprint density at radius 2 is 2.06 bits per heavy atom. The normalized spacial score (nSPS) is 10.1. The minimum absolute atomic E-state index is 0.322. The number of benzene rings is 1. The van der Waals surface area contributed by atoms with Crippen LogP contribution in [-0.4, -0.2) is 12.1 Å². The van der Waals surface area contributed by atoms with Crippen molar-refractivity contribution >= 4 is 15.9 Å². The Morgan fingerprint density at radius 1 is 1.24 bits per heavy atom. The van der Waals surface area contributed by atoms with Gasteiger partial charge in [0.2, 0.25) is 5.88 Å². The molecule has 1 aromatic heterocycles. The molecule has 0 atom stereocenters. The molecule has 0 unspecified atom stereocenters. The molecule has 0 aliphatic rings. The Morgan fingerprint density at radius 3 is 2.76 bits per heavy atom. The number of ether oxygens (including phenoxy) is 2. The Bertz CT molecular complexity index is 534. The fraction of sp³-hybridized carbons (Fsp3) is 0.0833. The molecule has 1 aromatic carbocycles. The molecular weight excluding hydrogens is 289 g/mol. The molecular formula is C12H9BrFNO2. The molecule has 0 fully saturated rings. The van der Waals surface area contributed by atoms with Crippen LogP contribution < -0.4 is 9.47 Å². The van der Waals surface area contributed by atoms with E-state index in [1.54, 1.807) is 18.3 Å². The van der Waals surface area contributed by atoms with Gasteiger partial charge in [0.1, 0.15) is 5.82 Å². The molecule has 0 bridgehead atoms. The van der Waals surface area contributed by atoms with E-state index in [9.17, 15) is 4.39 Å². The summed E-state index contributed by atoms with van der Waals surface area (Å²) in [4.78, 5) is 4.05. The maximum absolute atomic E-state index is 13.0. The van der Waals surface area contributed by atoms with Gasteiger partial charge in [-0.1, -0.05) is 0 Å². The summed E-state index contributed by atoms with van der Waals surface area (Å²) in [5.74, 6) is 0.752. The van der Waals surface area contributed by atoms with Gasteiger partial charge in [0.05, 0.1) is 11.6 Å². The summed E-state index contributed by atoms with van der Waals surface area (Å²) in [6.07, 6.45) is 1.61. The van der Waals surface area contributed by atoms with E-state index in [0.717, 1.165) is 0 Å². The standard InChI is InChI=1S/C12H9BrFNO2/c1-16-11-7-8(14)4-5-10(11)17-12-9(13)3-2-6-15-12/h2-7H,1H3. The van der Waals surface area contributed by atoms with Gasteiger partial charge < -0.3 is 9.47 Å². The van der Waals surface area contributed by atoms with Gasteiger partial charge in [-0.2, -0.15) is 0 Å². The van der Waals surface area contributed by atoms with Gasteiger partial charge in [0.25, 0.3) is 0 Å². The second kappa shape index (κ2) is 5.14. The number of halogens is 2. The summed E-state index contributed by atoms with van der Waals surface area (Å²) in [7, 11) is 1.45. The lowest BCUT2D eigenvalue weighted by molar-refractivity contribution is 0.370. The second-order valence-corrected chi connectivity index (χ2v) is 4.04. The molecule has 1 heterocycles. The first-order chi connectivity index (χ1) is 8.20. The Labute approximate surface area is 106 Å². The van der Waals surface area contributed by atoms with Gasteiger partial charge in [-0.3, -0.25) is 0 Å². The highest BCUT2D eigenvalue weighted by Crippen LogP contribution is 2.33. The lowest BCUT2D eigenvalue weighted by atomic mass is 10.3. The third kappa shape index (κ3) is 2.74. The molecule has 0 aliphatic heterocycles. The average Bonchev–Trinajstić information content (AvgIpc) is 2.34. The first kappa shape index (κ1) is 11.9. The molecule has 88 valence electrons. The molecule has 0 N–H and O–H groups in total. The van der Waals surface area contributed by atoms with Crippen LogP contribution in [0.4, 0.5) is 4.39 Å². The lowest BCUT2D eigenvalue weighted by Crippen LogP contribution is -1.93. The highest BCUT2D eigenvalue weighted by Gasteiger charge is 2.09. The minimum atomic E-state index is -0.380. The van der Waals surface area contributed by atoms with Crippen LogP contribution >= 0.6 is 15.9 Å². The fourth-order valence-electron chi connectivity index (χ4n) is 1.28. The monoisotopic (exact) mass is 297 g/mol. The van der Waals surface area contributed by atoms with Crippen LogP contribution in [0.3, 0.4) is 0 Å². The van der Waals surface area contributed by atoms with E-state index in [-0.39, 0.29) is 5.82 Å². The number of pyridine rings is 1. The topological polar surface area (TPSA) is 31.4 Å². The summed E-state index contributed by atoms with van der Waals surface area (Å²) in [6, 6.07) is 7.63. The van der Waals surface area contributed by atoms with Crippen LogP contribution in [-0.2, 0) is 0 Å². The number of aromatic nitrogens is 1. The summed E-state index contributed by atoms with van der Waals surface area (Å²) in [5.41, 5.74) is 0. The zero-order valence-corrected chi connectivity index (χ0v) is 10.6. The number of hydrogen-bond donors (Lipinski definition) is 0. The largest absolute Gasteiger partial charge is 0.493 e. The Hall–Kier alpha value is -1.62. The van der Waals surface area contributed by atoms with Crippen LogP contribution in [0, 0.1) is 5.82 Å². The summed E-state index contributed by atoms with van der Waals surface area (Å²) < 4.78 is 24.3. The average molecular weight is 298 g/mol. The maximum atomic E-state index is 13.0. The van der Waals surface area contributed by atoms with E-state index in [0.29, 0.717) is 21.9 Å². The minimum Gasteiger partial charge on any atom is -0.493 e. The quantitative estimate of drug-likeness (QED) is 0.864. The van der Waals surface area contributed by atoms with Gasteiger partial charge in [-0.25, -0.2) is 9.37 Å². The van der Waals surface area contributed by atoms with E-state index in [1.165, 1.54) is 25.3 Å². The predicted molar refractivity (Wildman–Crippen MR) is 65.0 cm³/mol. The maximum Gasteiger partial charge on any atom is 0.233 e. The smallest absolute Gasteiger partial charge is 0.233 e. The predicted octanol–water partition coefficient (Wildman–Crippen LogP) is 3.78. The fourth-order valence-corrected chi connectivity index (χ4v) is 1.61. The number of nitrogens with zero attached hydrogens (tertiary/aromatic N) is 1. The first-order valence-electron chi connectivity index (χ1n) is 4.82. The molecule has 5 heteroatoms. The van der Waals surface area contributed by atoms with E-state index >= 15 is 0 Å². The molecule has 0 radical (unpaired) electrons. The lowest BCUT2D eigenvalue weighted by Gasteiger charge is -2.10. The van der Waals surface area contributed by atoms with Crippen LogP contribution in [0.15, 0.2) is 41.0 Å². The third-order valence-electron chi connectivity index (χ3n) is 2.06. The van der Waals surface area contributed by atoms with E-state index in [1.807, 2.05) is 0 Å². The highest BCUT2D eigenvalue weighted by atomic mass is 79.9. The van der Waals surface area contributed by atoms with Crippen molar-refractivity contribution in [3.05, 3.63) is 46.8 Å². The Balaban J connectivity index is 2.33. The van der Waals surface area contributed by atoms with Crippen molar-refractivity contribution in [1.82, 2.24) is 4.98 Å². The molecule has 17 heavy (non-hydrogen) atoms. The van der Waals surface area contributed by atoms with Gasteiger partial charge in [0, 0.05) is 12.3 Å². The van der Waals surface area contributed by atoms with Crippen molar-refractivity contribution in [1.29, 1.82) is 0 Å². The number of rotatable bonds is 3. The molecule has 3 nitrogen and oxygen atoms in total. The number of hydrogen-bond acceptors (Lipinski definition) is 3. The highest BCUT2D eigenvalue weighted by molar-refractivity contribution is 9.10. The Kier molecular flexibility index (Phi) is 3.58. The summed E-state index contributed by atoms with van der Waals surface area (Å²) in [6.45, 7) is 0. The molecule has 0 amide bonds. The van der Waals surface area contributed by atoms with Gasteiger partial charge in [-0.15, -0.1) is 0 Å². The third-order valence-corrected chi connectivity index (χ3v) is 2.66. The van der Waals surface area contributed by atoms with Gasteiger partial charge in [-0.05, 0) is 40.2 Å². The van der Waals surface area contributed by atoms with Crippen LogP contribution in [0.1, 0.15) is 0 Å². The molecule has 2 rings (SSSR count). The number of methoxy groups -OCH3 is 1. The molecule has 0 saturated heterocycles. The second-order valence-electron chi connectivity index (χ2n) is 3.19. The van der Waals surface area contributed by atoms with E-state index < -0.39 is 0 Å². The van der Waals surface area contributed by atoms with Crippen LogP contribution in [0.2, 0.25) is 0 Å². The van der Waals surface area contributed by atoms with Gasteiger partial charge in [0.15, 0.2) is 11.5 Å². The zero-order chi connectivity index (χ0) is 12.3. The van der Waals surface area contributed by atoms with Crippen molar-refractivity contribution in [2.24, 2.45) is 0 Å². The zero-order valence-electron chi connectivity index (χ0n) is 8.98. The van der Waals surface area contributed by atoms with Crippen LogP contribution in [0.25, 0.3) is 0 Å². The van der Waals surface area contributed by atoms with E-state index in [2.05, 4.69) is 20.9 Å². The molecule has 2 aromatic rings. The van der Waals surface area contributed by atoms with Crippen molar-refractivity contribution in [2.75, 3.05) is 7.11 Å². The van der Waals surface area contributed by atoms with Crippen molar-refractivity contribution in [3.8, 4) is 17.4 Å². The van der Waals surface area contributed by atoms with Crippen molar-refractivity contribution in [2.45, 2.75) is 0 Å². The van der Waals surface area contributed by atoms with E-state index in [4.69, 9.17) is 9.47 Å². The van der Waals surface area contributed by atoms with Gasteiger partial charge >= 0.3 is 0 Å². The molecule has 0 saturated carbocycles. The summed E-state index contributed by atoms with van der Waals surface area (Å²) in [5, 5.41) is 0. The molecule has 0 aliphatic carbocycles. The SMILES string of the molecule is COc1cc(F)ccc1Oc1ncccc1Br. The van der Waals surface area contributed by atoms with Crippen LogP contribution in [0.5, 0.6) is 17.4 Å².